The fourth-order valence-corrected chi connectivity index (χ4v) is 4.98. The predicted molar refractivity (Wildman–Crippen MR) is 118 cm³/mol. The number of piperazine rings is 1. The lowest BCUT2D eigenvalue weighted by atomic mass is 10.1. The molecule has 5 rings (SSSR count). The molecule has 2 saturated heterocycles. The van der Waals surface area contributed by atoms with Crippen LogP contribution in [0.1, 0.15) is 32.6 Å². The lowest BCUT2D eigenvalue weighted by molar-refractivity contribution is -0.129. The Kier molecular flexibility index (Phi) is 5.23. The lowest BCUT2D eigenvalue weighted by Crippen LogP contribution is -2.51. The number of anilines is 1. The highest BCUT2D eigenvalue weighted by atomic mass is 16.2. The largest absolute Gasteiger partial charge is 0.369 e. The van der Waals surface area contributed by atoms with Crippen molar-refractivity contribution in [3.63, 3.8) is 0 Å². The van der Waals surface area contributed by atoms with Gasteiger partial charge in [0.15, 0.2) is 0 Å². The van der Waals surface area contributed by atoms with E-state index in [0.717, 1.165) is 69.9 Å². The summed E-state index contributed by atoms with van der Waals surface area (Å²) in [4.78, 5) is 36.0. The minimum absolute atomic E-state index is 0.0786. The van der Waals surface area contributed by atoms with Gasteiger partial charge in [0.05, 0.1) is 17.2 Å². The third kappa shape index (κ3) is 3.95. The zero-order chi connectivity index (χ0) is 20.7. The van der Waals surface area contributed by atoms with Gasteiger partial charge in [-0.25, -0.2) is 4.98 Å². The summed E-state index contributed by atoms with van der Waals surface area (Å²) in [6.07, 6.45) is 6.41. The van der Waals surface area contributed by atoms with E-state index in [-0.39, 0.29) is 11.5 Å². The van der Waals surface area contributed by atoms with Crippen LogP contribution in [-0.2, 0) is 11.3 Å². The first-order valence-corrected chi connectivity index (χ1v) is 11.3. The SMILES string of the molecule is CC(=O)N1CCCC1CN1CCN(c2ccc3c(=O)n(CC4CC4)cnc3c2)CC1. The topological polar surface area (TPSA) is 61.7 Å². The average molecular weight is 410 g/mol. The fourth-order valence-electron chi connectivity index (χ4n) is 4.98. The Bertz CT molecular complexity index is 991. The molecule has 1 amide bonds. The van der Waals surface area contributed by atoms with Gasteiger partial charge in [-0.15, -0.1) is 0 Å². The summed E-state index contributed by atoms with van der Waals surface area (Å²) < 4.78 is 1.77. The molecular formula is C23H31N5O2. The van der Waals surface area contributed by atoms with Crippen LogP contribution in [0.15, 0.2) is 29.3 Å². The zero-order valence-corrected chi connectivity index (χ0v) is 17.8. The van der Waals surface area contributed by atoms with Gasteiger partial charge >= 0.3 is 0 Å². The van der Waals surface area contributed by atoms with Crippen LogP contribution in [0, 0.1) is 5.92 Å². The first kappa shape index (κ1) is 19.5. The second-order valence-corrected chi connectivity index (χ2v) is 9.14. The van der Waals surface area contributed by atoms with Crippen LogP contribution in [0.25, 0.3) is 10.9 Å². The monoisotopic (exact) mass is 409 g/mol. The molecule has 0 spiro atoms. The summed E-state index contributed by atoms with van der Waals surface area (Å²) in [5.41, 5.74) is 2.00. The molecule has 1 aromatic heterocycles. The van der Waals surface area contributed by atoms with Gasteiger partial charge < -0.3 is 9.80 Å². The molecule has 2 aliphatic heterocycles. The molecule has 3 aliphatic rings. The van der Waals surface area contributed by atoms with Gasteiger partial charge in [-0.3, -0.25) is 19.1 Å². The third-order valence-corrected chi connectivity index (χ3v) is 6.95. The first-order chi connectivity index (χ1) is 14.6. The van der Waals surface area contributed by atoms with Crippen molar-refractivity contribution >= 4 is 22.5 Å². The predicted octanol–water partition coefficient (Wildman–Crippen LogP) is 1.94. The van der Waals surface area contributed by atoms with Crippen molar-refractivity contribution < 1.29 is 4.79 Å². The summed E-state index contributed by atoms with van der Waals surface area (Å²) in [6, 6.07) is 6.44. The number of nitrogens with zero attached hydrogens (tertiary/aromatic N) is 5. The van der Waals surface area contributed by atoms with Crippen molar-refractivity contribution in [2.75, 3.05) is 44.2 Å². The Balaban J connectivity index is 1.23. The van der Waals surface area contributed by atoms with Crippen LogP contribution in [0.4, 0.5) is 5.69 Å². The van der Waals surface area contributed by atoms with Crippen molar-refractivity contribution in [1.82, 2.24) is 19.4 Å². The molecule has 160 valence electrons. The second kappa shape index (κ2) is 8.02. The number of hydrogen-bond donors (Lipinski definition) is 0. The number of benzene rings is 1. The normalized spacial score (nSPS) is 22.8. The Morgan fingerprint density at radius 2 is 1.87 bits per heavy atom. The number of fused-ring (bicyclic) bond motifs is 1. The van der Waals surface area contributed by atoms with Gasteiger partial charge in [-0.2, -0.15) is 0 Å². The number of hydrogen-bond acceptors (Lipinski definition) is 5. The van der Waals surface area contributed by atoms with E-state index in [0.29, 0.717) is 17.3 Å². The molecule has 7 nitrogen and oxygen atoms in total. The van der Waals surface area contributed by atoms with Crippen LogP contribution in [0.5, 0.6) is 0 Å². The van der Waals surface area contributed by atoms with Crippen molar-refractivity contribution in [3.05, 3.63) is 34.9 Å². The molecule has 0 bridgehead atoms. The molecule has 1 atom stereocenters. The molecule has 3 fully saturated rings. The molecule has 3 heterocycles. The first-order valence-electron chi connectivity index (χ1n) is 11.3. The number of carbonyl (C=O) groups excluding carboxylic acids is 1. The number of likely N-dealkylation sites (tertiary alicyclic amines) is 1. The van der Waals surface area contributed by atoms with E-state index >= 15 is 0 Å². The van der Waals surface area contributed by atoms with Crippen molar-refractivity contribution in [2.45, 2.75) is 45.2 Å². The molecule has 0 N–H and O–H groups in total. The minimum Gasteiger partial charge on any atom is -0.369 e. The van der Waals surface area contributed by atoms with E-state index in [9.17, 15) is 9.59 Å². The molecule has 1 unspecified atom stereocenters. The quantitative estimate of drug-likeness (QED) is 0.755. The van der Waals surface area contributed by atoms with Gasteiger partial charge in [0.2, 0.25) is 5.91 Å². The summed E-state index contributed by atoms with van der Waals surface area (Å²) in [5.74, 6) is 0.861. The molecule has 0 radical (unpaired) electrons. The number of amides is 1. The Morgan fingerprint density at radius 3 is 2.60 bits per heavy atom. The molecule has 1 aromatic carbocycles. The number of carbonyl (C=O) groups is 1. The van der Waals surface area contributed by atoms with Crippen LogP contribution in [0.2, 0.25) is 0 Å². The second-order valence-electron chi connectivity index (χ2n) is 9.14. The van der Waals surface area contributed by atoms with Gasteiger partial charge in [0.25, 0.3) is 5.56 Å². The Labute approximate surface area is 177 Å². The zero-order valence-electron chi connectivity index (χ0n) is 17.8. The highest BCUT2D eigenvalue weighted by Crippen LogP contribution is 2.30. The summed E-state index contributed by atoms with van der Waals surface area (Å²) in [7, 11) is 0. The van der Waals surface area contributed by atoms with E-state index in [2.05, 4.69) is 26.9 Å². The third-order valence-electron chi connectivity index (χ3n) is 6.95. The Morgan fingerprint density at radius 1 is 1.07 bits per heavy atom. The minimum atomic E-state index is 0.0786. The van der Waals surface area contributed by atoms with Crippen LogP contribution < -0.4 is 10.5 Å². The van der Waals surface area contributed by atoms with E-state index in [1.807, 2.05) is 11.0 Å². The molecular weight excluding hydrogens is 378 g/mol. The average Bonchev–Trinajstić information content (AvgIpc) is 3.45. The molecule has 1 aliphatic carbocycles. The highest BCUT2D eigenvalue weighted by Gasteiger charge is 2.29. The van der Waals surface area contributed by atoms with Crippen LogP contribution >= 0.6 is 0 Å². The lowest BCUT2D eigenvalue weighted by Gasteiger charge is -2.38. The van der Waals surface area contributed by atoms with Gasteiger partial charge in [-0.05, 0) is 49.8 Å². The maximum absolute atomic E-state index is 12.7. The van der Waals surface area contributed by atoms with Crippen LogP contribution in [-0.4, -0.2) is 70.6 Å². The van der Waals surface area contributed by atoms with Gasteiger partial charge in [-0.1, -0.05) is 0 Å². The van der Waals surface area contributed by atoms with Crippen LogP contribution in [0.3, 0.4) is 0 Å². The highest BCUT2D eigenvalue weighted by molar-refractivity contribution is 5.81. The molecule has 30 heavy (non-hydrogen) atoms. The Hall–Kier alpha value is -2.41. The fraction of sp³-hybridized carbons (Fsp3) is 0.609. The van der Waals surface area contributed by atoms with E-state index in [1.54, 1.807) is 17.8 Å². The van der Waals surface area contributed by atoms with Crippen molar-refractivity contribution in [1.29, 1.82) is 0 Å². The summed E-state index contributed by atoms with van der Waals surface area (Å²) in [5, 5.41) is 0.714. The standard InChI is InChI=1S/C23H31N5O2/c1-17(29)28-8-2-3-20(28)15-25-9-11-26(12-10-25)19-6-7-21-22(13-19)24-16-27(23(21)30)14-18-4-5-18/h6-7,13,16,18,20H,2-5,8-12,14-15H2,1H3. The molecule has 7 heteroatoms. The summed E-state index contributed by atoms with van der Waals surface area (Å²) in [6.45, 7) is 8.28. The van der Waals surface area contributed by atoms with Gasteiger partial charge in [0, 0.05) is 64.5 Å². The summed E-state index contributed by atoms with van der Waals surface area (Å²) >= 11 is 0. The van der Waals surface area contributed by atoms with E-state index in [1.165, 1.54) is 12.8 Å². The molecule has 2 aromatic rings. The smallest absolute Gasteiger partial charge is 0.261 e. The van der Waals surface area contributed by atoms with Crippen molar-refractivity contribution in [3.8, 4) is 0 Å². The maximum Gasteiger partial charge on any atom is 0.261 e. The molecule has 1 saturated carbocycles. The van der Waals surface area contributed by atoms with E-state index < -0.39 is 0 Å². The van der Waals surface area contributed by atoms with Gasteiger partial charge in [0.1, 0.15) is 0 Å². The maximum atomic E-state index is 12.7. The van der Waals surface area contributed by atoms with Crippen molar-refractivity contribution in [2.24, 2.45) is 5.92 Å². The van der Waals surface area contributed by atoms with E-state index in [4.69, 9.17) is 0 Å². The number of aromatic nitrogens is 2. The number of rotatable bonds is 5.